The molecule has 84 heavy (non-hydrogen) atoms. The number of nitrogens with zero attached hydrogens (tertiary/aromatic N) is 5. The minimum absolute atomic E-state index is 0.245. The van der Waals surface area contributed by atoms with Crippen molar-refractivity contribution >= 4 is 49.2 Å². The molecule has 0 atom stereocenters. The highest BCUT2D eigenvalue weighted by Crippen LogP contribution is 2.51. The lowest BCUT2D eigenvalue weighted by atomic mass is 9.82. The summed E-state index contributed by atoms with van der Waals surface area (Å²) < 4.78 is 4.71. The fraction of sp³-hybridized carbons (Fsp3) is 0.0506. The maximum absolute atomic E-state index is 5.50. The summed E-state index contributed by atoms with van der Waals surface area (Å²) in [6.07, 6.45) is 8.08. The summed E-state index contributed by atoms with van der Waals surface area (Å²) in [5.74, 6) is 1.70. The van der Waals surface area contributed by atoms with Gasteiger partial charge in [-0.15, -0.1) is 0 Å². The highest BCUT2D eigenvalue weighted by atomic mass is 15.2. The molecule has 0 saturated heterocycles. The van der Waals surface area contributed by atoms with Crippen LogP contribution in [0.4, 0.5) is 0 Å². The summed E-state index contributed by atoms with van der Waals surface area (Å²) in [7, 11) is 0. The Morgan fingerprint density at radius 2 is 0.881 bits per heavy atom. The summed E-state index contributed by atoms with van der Waals surface area (Å²) in [6.45, 7) is 11.1. The van der Waals surface area contributed by atoms with E-state index in [0.717, 1.165) is 83.0 Å². The van der Waals surface area contributed by atoms with Crippen LogP contribution in [0.15, 0.2) is 286 Å². The normalized spacial score (nSPS) is 12.8. The molecule has 15 rings (SSSR count). The van der Waals surface area contributed by atoms with Gasteiger partial charge in [0.05, 0.1) is 22.1 Å². The number of benzene rings is 11. The first-order valence-corrected chi connectivity index (χ1v) is 28.8. The van der Waals surface area contributed by atoms with E-state index in [1.807, 2.05) is 37.3 Å². The van der Waals surface area contributed by atoms with Gasteiger partial charge in [-0.1, -0.05) is 227 Å². The molecule has 0 N–H and O–H groups in total. The number of allylic oxidation sites excluding steroid dienone is 5. The van der Waals surface area contributed by atoms with Gasteiger partial charge in [-0.25, -0.2) is 4.98 Å². The van der Waals surface area contributed by atoms with Gasteiger partial charge in [0.25, 0.3) is 0 Å². The zero-order valence-corrected chi connectivity index (χ0v) is 47.0. The van der Waals surface area contributed by atoms with E-state index in [4.69, 9.17) is 15.0 Å². The van der Waals surface area contributed by atoms with Crippen LogP contribution >= 0.6 is 0 Å². The Bertz CT molecular complexity index is 4940. The van der Waals surface area contributed by atoms with Gasteiger partial charge in [-0.2, -0.15) is 9.97 Å². The summed E-state index contributed by atoms with van der Waals surface area (Å²) in [4.78, 5) is 16.3. The molecule has 0 spiro atoms. The summed E-state index contributed by atoms with van der Waals surface area (Å²) in [6, 6.07) is 92.2. The molecule has 0 radical (unpaired) electrons. The predicted octanol–water partition coefficient (Wildman–Crippen LogP) is 20.5. The first-order valence-electron chi connectivity index (χ1n) is 28.8. The van der Waals surface area contributed by atoms with E-state index in [9.17, 15) is 0 Å². The molecule has 0 fully saturated rings. The Labute approximate surface area is 489 Å². The average molecular weight is 1080 g/mol. The van der Waals surface area contributed by atoms with Gasteiger partial charge in [0, 0.05) is 43.8 Å². The van der Waals surface area contributed by atoms with Crippen molar-refractivity contribution in [3.63, 3.8) is 0 Å². The third kappa shape index (κ3) is 8.60. The van der Waals surface area contributed by atoms with E-state index in [-0.39, 0.29) is 5.41 Å². The minimum Gasteiger partial charge on any atom is -0.309 e. The zero-order chi connectivity index (χ0) is 56.5. The SMILES string of the molecule is C=C(/C=C\C=C/C)c1cccc(-c2nc(-c3cccc(-c4ccccc4)c3)nc(-n3c4ccc(-c5ccc6c(c5)c5ccccc5n6-c5cc(-c6ccccc6)cc(-c6ccccc6)c5)cc4c4cc5c(cc43)C(C)(C)c3ccccc3-5)n2)c1. The largest absolute Gasteiger partial charge is 0.309 e. The molecule has 3 heterocycles. The highest BCUT2D eigenvalue weighted by molar-refractivity contribution is 6.14. The van der Waals surface area contributed by atoms with Crippen molar-refractivity contribution in [2.24, 2.45) is 0 Å². The van der Waals surface area contributed by atoms with Crippen molar-refractivity contribution in [2.75, 3.05) is 0 Å². The van der Waals surface area contributed by atoms with E-state index in [0.29, 0.717) is 17.6 Å². The van der Waals surface area contributed by atoms with Crippen molar-refractivity contribution in [3.8, 4) is 90.0 Å². The molecular formula is C79H57N5. The van der Waals surface area contributed by atoms with Gasteiger partial charge in [-0.05, 0) is 158 Å². The van der Waals surface area contributed by atoms with Crippen LogP contribution in [0.3, 0.4) is 0 Å². The quantitative estimate of drug-likeness (QED) is 0.121. The van der Waals surface area contributed by atoms with Gasteiger partial charge in [0.1, 0.15) is 0 Å². The van der Waals surface area contributed by atoms with Crippen LogP contribution in [-0.2, 0) is 5.41 Å². The third-order valence-electron chi connectivity index (χ3n) is 17.0. The van der Waals surface area contributed by atoms with Crippen molar-refractivity contribution < 1.29 is 0 Å². The van der Waals surface area contributed by atoms with Gasteiger partial charge in [0.15, 0.2) is 11.6 Å². The number of para-hydroxylation sites is 1. The van der Waals surface area contributed by atoms with Gasteiger partial charge >= 0.3 is 0 Å². The number of aromatic nitrogens is 5. The van der Waals surface area contributed by atoms with Gasteiger partial charge in [0.2, 0.25) is 5.95 Å². The number of hydrogen-bond donors (Lipinski definition) is 0. The third-order valence-corrected chi connectivity index (χ3v) is 17.0. The standard InChI is InChI=1S/C79H57N5/c1-5-6-10-23-51(2)55-30-21-32-59(42-55)76-80-77(60-33-22-31-56(43-60)52-24-11-7-12-25-52)82-78(81-76)84-74-41-39-58(48-68(74)69-49-66-64-34-17-19-36-70(64)79(3,4)71(66)50-75(69)84)57-38-40-73-67(47-57)65-35-18-20-37-72(65)83(73)63-45-61(53-26-13-8-14-27-53)44-62(46-63)54-28-15-9-16-29-54/h5-50H,2H2,1,3-4H3/b6-5-,23-10-. The van der Waals surface area contributed by atoms with E-state index in [1.165, 1.54) is 55.3 Å². The van der Waals surface area contributed by atoms with Crippen LogP contribution in [0.1, 0.15) is 37.5 Å². The Kier molecular flexibility index (Phi) is 12.2. The van der Waals surface area contributed by atoms with Crippen molar-refractivity contribution in [1.82, 2.24) is 24.1 Å². The zero-order valence-electron chi connectivity index (χ0n) is 47.0. The van der Waals surface area contributed by atoms with E-state index < -0.39 is 0 Å². The first-order chi connectivity index (χ1) is 41.2. The molecule has 398 valence electrons. The molecule has 0 aliphatic heterocycles. The van der Waals surface area contributed by atoms with Crippen LogP contribution in [0.2, 0.25) is 0 Å². The number of hydrogen-bond acceptors (Lipinski definition) is 3. The van der Waals surface area contributed by atoms with Crippen LogP contribution in [-0.4, -0.2) is 24.1 Å². The monoisotopic (exact) mass is 1080 g/mol. The second kappa shape index (κ2) is 20.4. The molecule has 0 saturated carbocycles. The Morgan fingerprint density at radius 3 is 1.56 bits per heavy atom. The Hall–Kier alpha value is -10.8. The van der Waals surface area contributed by atoms with Crippen LogP contribution < -0.4 is 0 Å². The van der Waals surface area contributed by atoms with Crippen LogP contribution in [0.25, 0.3) is 139 Å². The predicted molar refractivity (Wildman–Crippen MR) is 352 cm³/mol. The lowest BCUT2D eigenvalue weighted by Gasteiger charge is -2.21. The number of fused-ring (bicyclic) bond motifs is 9. The van der Waals surface area contributed by atoms with E-state index in [1.54, 1.807) is 0 Å². The molecule has 5 nitrogen and oxygen atoms in total. The highest BCUT2D eigenvalue weighted by Gasteiger charge is 2.36. The maximum Gasteiger partial charge on any atom is 0.238 e. The Morgan fingerprint density at radius 1 is 0.369 bits per heavy atom. The van der Waals surface area contributed by atoms with E-state index >= 15 is 0 Å². The average Bonchev–Trinajstić information content (AvgIpc) is 1.72. The molecule has 14 aromatic rings. The molecule has 0 amide bonds. The smallest absolute Gasteiger partial charge is 0.238 e. The van der Waals surface area contributed by atoms with E-state index in [2.05, 4.69) is 278 Å². The molecule has 3 aromatic heterocycles. The lowest BCUT2D eigenvalue weighted by Crippen LogP contribution is -2.15. The molecule has 11 aromatic carbocycles. The minimum atomic E-state index is -0.245. The number of rotatable bonds is 11. The molecule has 1 aliphatic carbocycles. The molecule has 0 unspecified atom stereocenters. The first kappa shape index (κ1) is 50.2. The summed E-state index contributed by atoms with van der Waals surface area (Å²) >= 11 is 0. The van der Waals surface area contributed by atoms with Crippen molar-refractivity contribution in [3.05, 3.63) is 302 Å². The second-order valence-corrected chi connectivity index (χ2v) is 22.5. The second-order valence-electron chi connectivity index (χ2n) is 22.5. The summed E-state index contributed by atoms with van der Waals surface area (Å²) in [5.41, 5.74) is 23.2. The molecular weight excluding hydrogens is 1020 g/mol. The van der Waals surface area contributed by atoms with Crippen molar-refractivity contribution in [2.45, 2.75) is 26.2 Å². The fourth-order valence-electron chi connectivity index (χ4n) is 12.8. The molecule has 5 heteroatoms. The Balaban J connectivity index is 0.938. The van der Waals surface area contributed by atoms with Gasteiger partial charge < -0.3 is 4.57 Å². The molecule has 1 aliphatic rings. The fourth-order valence-corrected chi connectivity index (χ4v) is 12.8. The maximum atomic E-state index is 5.50. The van der Waals surface area contributed by atoms with Gasteiger partial charge in [-0.3, -0.25) is 4.57 Å². The van der Waals surface area contributed by atoms with Crippen LogP contribution in [0, 0.1) is 0 Å². The topological polar surface area (TPSA) is 48.5 Å². The summed E-state index contributed by atoms with van der Waals surface area (Å²) in [5, 5.41) is 4.63. The molecule has 0 bridgehead atoms. The lowest BCUT2D eigenvalue weighted by molar-refractivity contribution is 0.661. The van der Waals surface area contributed by atoms with Crippen LogP contribution in [0.5, 0.6) is 0 Å². The van der Waals surface area contributed by atoms with Crippen molar-refractivity contribution in [1.29, 1.82) is 0 Å².